The molecule has 0 atom stereocenters. The first kappa shape index (κ1) is 12.2. The number of nitrogens with zero attached hydrogens (tertiary/aromatic N) is 3. The Morgan fingerprint density at radius 1 is 1.26 bits per heavy atom. The van der Waals surface area contributed by atoms with Crippen LogP contribution in [-0.4, -0.2) is 58.9 Å². The van der Waals surface area contributed by atoms with Gasteiger partial charge < -0.3 is 14.8 Å². The molecule has 0 bridgehead atoms. The standard InChI is InChI=1S/C14H18N4O/c1-10-4-3-5-11-12(10)16-13(15-11)14(19)18-8-6-17(2)7-9-18/h3-5H,6-9H2,1-2H3,(H,15,16). The van der Waals surface area contributed by atoms with Crippen LogP contribution in [0.25, 0.3) is 11.0 Å². The minimum absolute atomic E-state index is 0.00343. The zero-order chi connectivity index (χ0) is 13.4. The highest BCUT2D eigenvalue weighted by atomic mass is 16.2. The van der Waals surface area contributed by atoms with Crippen LogP contribution in [0.15, 0.2) is 18.2 Å². The number of fused-ring (bicyclic) bond motifs is 1. The molecule has 100 valence electrons. The van der Waals surface area contributed by atoms with Gasteiger partial charge in [0.15, 0.2) is 5.82 Å². The van der Waals surface area contributed by atoms with Crippen LogP contribution in [0.1, 0.15) is 16.2 Å². The lowest BCUT2D eigenvalue weighted by Gasteiger charge is -2.31. The summed E-state index contributed by atoms with van der Waals surface area (Å²) >= 11 is 0. The van der Waals surface area contributed by atoms with Gasteiger partial charge in [-0.1, -0.05) is 12.1 Å². The molecule has 0 saturated carbocycles. The summed E-state index contributed by atoms with van der Waals surface area (Å²) in [6.07, 6.45) is 0. The second-order valence-electron chi connectivity index (χ2n) is 5.15. The van der Waals surface area contributed by atoms with E-state index in [1.165, 1.54) is 0 Å². The molecule has 19 heavy (non-hydrogen) atoms. The van der Waals surface area contributed by atoms with Gasteiger partial charge in [-0.3, -0.25) is 4.79 Å². The van der Waals surface area contributed by atoms with Crippen molar-refractivity contribution in [1.82, 2.24) is 19.8 Å². The SMILES string of the molecule is Cc1cccc2[nH]c(C(=O)N3CCN(C)CC3)nc12. The summed E-state index contributed by atoms with van der Waals surface area (Å²) in [7, 11) is 2.08. The van der Waals surface area contributed by atoms with Crippen molar-refractivity contribution < 1.29 is 4.79 Å². The lowest BCUT2D eigenvalue weighted by molar-refractivity contribution is 0.0653. The number of hydrogen-bond donors (Lipinski definition) is 1. The van der Waals surface area contributed by atoms with Crippen molar-refractivity contribution in [3.05, 3.63) is 29.6 Å². The quantitative estimate of drug-likeness (QED) is 0.838. The summed E-state index contributed by atoms with van der Waals surface area (Å²) in [4.78, 5) is 24.1. The van der Waals surface area contributed by atoms with Crippen molar-refractivity contribution in [1.29, 1.82) is 0 Å². The molecule has 2 heterocycles. The number of benzene rings is 1. The molecule has 1 fully saturated rings. The molecule has 5 nitrogen and oxygen atoms in total. The number of likely N-dealkylation sites (N-methyl/N-ethyl adjacent to an activating group) is 1. The Kier molecular flexibility index (Phi) is 2.98. The highest BCUT2D eigenvalue weighted by Gasteiger charge is 2.22. The summed E-state index contributed by atoms with van der Waals surface area (Å²) in [6.45, 7) is 5.39. The number of para-hydroxylation sites is 1. The third-order valence-electron chi connectivity index (χ3n) is 3.71. The van der Waals surface area contributed by atoms with Crippen LogP contribution in [0.2, 0.25) is 0 Å². The van der Waals surface area contributed by atoms with Crippen LogP contribution >= 0.6 is 0 Å². The van der Waals surface area contributed by atoms with Crippen molar-refractivity contribution in [2.24, 2.45) is 0 Å². The number of aryl methyl sites for hydroxylation is 1. The van der Waals surface area contributed by atoms with Crippen molar-refractivity contribution in [2.75, 3.05) is 33.2 Å². The Labute approximate surface area is 112 Å². The first-order chi connectivity index (χ1) is 9.15. The maximum absolute atomic E-state index is 12.4. The molecular formula is C14H18N4O. The molecule has 1 aromatic heterocycles. The number of H-pyrrole nitrogens is 1. The number of carbonyl (C=O) groups excluding carboxylic acids is 1. The fraction of sp³-hybridized carbons (Fsp3) is 0.429. The Morgan fingerprint density at radius 2 is 2.00 bits per heavy atom. The van der Waals surface area contributed by atoms with E-state index in [4.69, 9.17) is 0 Å². The lowest BCUT2D eigenvalue weighted by Crippen LogP contribution is -2.47. The number of piperazine rings is 1. The van der Waals surface area contributed by atoms with E-state index in [1.54, 1.807) is 0 Å². The number of amides is 1. The van der Waals surface area contributed by atoms with E-state index < -0.39 is 0 Å². The van der Waals surface area contributed by atoms with Crippen LogP contribution in [-0.2, 0) is 0 Å². The van der Waals surface area contributed by atoms with Crippen LogP contribution in [0.3, 0.4) is 0 Å². The number of rotatable bonds is 1. The zero-order valence-corrected chi connectivity index (χ0v) is 11.3. The first-order valence-corrected chi connectivity index (χ1v) is 6.58. The second kappa shape index (κ2) is 4.66. The Morgan fingerprint density at radius 3 is 2.68 bits per heavy atom. The summed E-state index contributed by atoms with van der Waals surface area (Å²) in [5.41, 5.74) is 2.91. The molecule has 0 unspecified atom stereocenters. The predicted molar refractivity (Wildman–Crippen MR) is 74.2 cm³/mol. The highest BCUT2D eigenvalue weighted by Crippen LogP contribution is 2.16. The van der Waals surface area contributed by atoms with E-state index in [1.807, 2.05) is 30.0 Å². The molecule has 1 N–H and O–H groups in total. The average molecular weight is 258 g/mol. The molecule has 3 rings (SSSR count). The Hall–Kier alpha value is -1.88. The Bertz CT molecular complexity index is 611. The zero-order valence-electron chi connectivity index (χ0n) is 11.3. The van der Waals surface area contributed by atoms with Crippen molar-refractivity contribution in [2.45, 2.75) is 6.92 Å². The van der Waals surface area contributed by atoms with Gasteiger partial charge in [0.05, 0.1) is 11.0 Å². The van der Waals surface area contributed by atoms with E-state index in [0.29, 0.717) is 5.82 Å². The highest BCUT2D eigenvalue weighted by molar-refractivity contribution is 5.94. The molecule has 0 spiro atoms. The van der Waals surface area contributed by atoms with Crippen LogP contribution < -0.4 is 0 Å². The van der Waals surface area contributed by atoms with Crippen LogP contribution in [0, 0.1) is 6.92 Å². The van der Waals surface area contributed by atoms with Gasteiger partial charge in [-0.05, 0) is 25.6 Å². The van der Waals surface area contributed by atoms with Crippen molar-refractivity contribution >= 4 is 16.9 Å². The van der Waals surface area contributed by atoms with Crippen LogP contribution in [0.4, 0.5) is 0 Å². The molecule has 1 amide bonds. The van der Waals surface area contributed by atoms with Gasteiger partial charge in [-0.25, -0.2) is 4.98 Å². The molecule has 2 aromatic rings. The second-order valence-corrected chi connectivity index (χ2v) is 5.15. The maximum Gasteiger partial charge on any atom is 0.289 e. The van der Waals surface area contributed by atoms with Gasteiger partial charge in [0.1, 0.15) is 0 Å². The Balaban J connectivity index is 1.87. The van der Waals surface area contributed by atoms with E-state index in [9.17, 15) is 4.79 Å². The van der Waals surface area contributed by atoms with E-state index >= 15 is 0 Å². The number of carbonyl (C=O) groups is 1. The normalized spacial score (nSPS) is 17.1. The molecule has 1 aliphatic heterocycles. The molecule has 0 aliphatic carbocycles. The minimum Gasteiger partial charge on any atom is -0.334 e. The van der Waals surface area contributed by atoms with Crippen molar-refractivity contribution in [3.8, 4) is 0 Å². The summed E-state index contributed by atoms with van der Waals surface area (Å²) < 4.78 is 0. The third kappa shape index (κ3) is 2.21. The van der Waals surface area contributed by atoms with E-state index in [2.05, 4.69) is 21.9 Å². The molecule has 1 aromatic carbocycles. The maximum atomic E-state index is 12.4. The topological polar surface area (TPSA) is 52.2 Å². The predicted octanol–water partition coefficient (Wildman–Crippen LogP) is 1.26. The summed E-state index contributed by atoms with van der Waals surface area (Å²) in [5.74, 6) is 0.456. The fourth-order valence-electron chi connectivity index (χ4n) is 2.44. The molecule has 1 saturated heterocycles. The molecule has 0 radical (unpaired) electrons. The monoisotopic (exact) mass is 258 g/mol. The number of imidazole rings is 1. The third-order valence-corrected chi connectivity index (χ3v) is 3.71. The number of aromatic amines is 1. The van der Waals surface area contributed by atoms with Gasteiger partial charge in [-0.2, -0.15) is 0 Å². The van der Waals surface area contributed by atoms with Crippen LogP contribution in [0.5, 0.6) is 0 Å². The van der Waals surface area contributed by atoms with Crippen molar-refractivity contribution in [3.63, 3.8) is 0 Å². The fourth-order valence-corrected chi connectivity index (χ4v) is 2.44. The number of nitrogens with one attached hydrogen (secondary N) is 1. The van der Waals surface area contributed by atoms with Gasteiger partial charge in [0, 0.05) is 26.2 Å². The van der Waals surface area contributed by atoms with Gasteiger partial charge >= 0.3 is 0 Å². The number of hydrogen-bond acceptors (Lipinski definition) is 3. The largest absolute Gasteiger partial charge is 0.334 e. The molecule has 1 aliphatic rings. The summed E-state index contributed by atoms with van der Waals surface area (Å²) in [5, 5.41) is 0. The van der Waals surface area contributed by atoms with E-state index in [0.717, 1.165) is 42.8 Å². The molecular weight excluding hydrogens is 240 g/mol. The average Bonchev–Trinajstić information content (AvgIpc) is 2.84. The number of aromatic nitrogens is 2. The van der Waals surface area contributed by atoms with E-state index in [-0.39, 0.29) is 5.91 Å². The van der Waals surface area contributed by atoms with Gasteiger partial charge in [0.25, 0.3) is 5.91 Å². The lowest BCUT2D eigenvalue weighted by atomic mass is 10.2. The smallest absolute Gasteiger partial charge is 0.289 e. The summed E-state index contributed by atoms with van der Waals surface area (Å²) in [6, 6.07) is 5.93. The van der Waals surface area contributed by atoms with Gasteiger partial charge in [-0.15, -0.1) is 0 Å². The molecule has 5 heteroatoms. The first-order valence-electron chi connectivity index (χ1n) is 6.58. The van der Waals surface area contributed by atoms with Gasteiger partial charge in [0.2, 0.25) is 0 Å². The minimum atomic E-state index is 0.00343.